The molecule has 0 fully saturated rings. The number of oxime groups is 1. The highest BCUT2D eigenvalue weighted by atomic mass is 19.3. The van der Waals surface area contributed by atoms with Crippen LogP contribution in [0.1, 0.15) is 45.6 Å². The van der Waals surface area contributed by atoms with Gasteiger partial charge in [0.15, 0.2) is 0 Å². The zero-order valence-electron chi connectivity index (χ0n) is 19.0. The molecule has 0 bridgehead atoms. The van der Waals surface area contributed by atoms with Crippen LogP contribution >= 0.6 is 0 Å². The minimum absolute atomic E-state index is 0.139. The van der Waals surface area contributed by atoms with Crippen molar-refractivity contribution in [2.75, 3.05) is 20.7 Å². The molecular weight excluding hydrogens is 402 g/mol. The average Bonchev–Trinajstić information content (AvgIpc) is 2.73. The Morgan fingerprint density at radius 2 is 1.77 bits per heavy atom. The fourth-order valence-corrected chi connectivity index (χ4v) is 3.66. The van der Waals surface area contributed by atoms with Crippen LogP contribution in [0.2, 0.25) is 0 Å². The van der Waals surface area contributed by atoms with E-state index >= 15 is 0 Å². The number of ether oxygens (including phenoxy) is 1. The number of hydrogen-bond acceptors (Lipinski definition) is 5. The highest BCUT2D eigenvalue weighted by molar-refractivity contribution is 6.04. The molecule has 0 heterocycles. The maximum absolute atomic E-state index is 12.5. The summed E-state index contributed by atoms with van der Waals surface area (Å²) in [5.41, 5.74) is 1.79. The molecule has 0 amide bonds. The summed E-state index contributed by atoms with van der Waals surface area (Å²) in [5.74, 6) is 0.290. The van der Waals surface area contributed by atoms with Crippen molar-refractivity contribution < 1.29 is 23.5 Å². The molecule has 172 valence electrons. The molecule has 7 heteroatoms. The van der Waals surface area contributed by atoms with E-state index < -0.39 is 6.61 Å². The molecule has 0 radical (unpaired) electrons. The van der Waals surface area contributed by atoms with Crippen molar-refractivity contribution in [3.63, 3.8) is 0 Å². The number of halogens is 2. The minimum Gasteiger partial charge on any atom is -0.435 e. The van der Waals surface area contributed by atoms with Gasteiger partial charge in [0.05, 0.1) is 11.8 Å². The molecule has 0 aromatic heterocycles. The monoisotopic (exact) mass is 436 g/mol. The molecule has 2 aromatic rings. The van der Waals surface area contributed by atoms with E-state index in [0.29, 0.717) is 6.04 Å². The van der Waals surface area contributed by atoms with Gasteiger partial charge in [-0.3, -0.25) is 0 Å². The number of rotatable bonds is 12. The first-order valence-electron chi connectivity index (χ1n) is 10.7. The molecule has 2 aromatic carbocycles. The predicted molar refractivity (Wildman–Crippen MR) is 121 cm³/mol. The van der Waals surface area contributed by atoms with Gasteiger partial charge in [0.2, 0.25) is 0 Å². The molecule has 2 rings (SSSR count). The zero-order chi connectivity index (χ0) is 23.0. The fourth-order valence-electron chi connectivity index (χ4n) is 3.66. The number of aliphatic hydroxyl groups is 1. The molecule has 0 spiro atoms. The third-order valence-electron chi connectivity index (χ3n) is 5.66. The second-order valence-corrected chi connectivity index (χ2v) is 8.08. The lowest BCUT2D eigenvalue weighted by Gasteiger charge is -2.29. The van der Waals surface area contributed by atoms with Crippen molar-refractivity contribution in [2.24, 2.45) is 11.1 Å². The van der Waals surface area contributed by atoms with Gasteiger partial charge in [0, 0.05) is 24.1 Å². The van der Waals surface area contributed by atoms with E-state index in [0.717, 1.165) is 47.9 Å². The Morgan fingerprint density at radius 3 is 2.39 bits per heavy atom. The molecular formula is C24H34F2N2O3. The van der Waals surface area contributed by atoms with E-state index in [2.05, 4.69) is 35.7 Å². The summed E-state index contributed by atoms with van der Waals surface area (Å²) in [7, 11) is 3.63. The van der Waals surface area contributed by atoms with Gasteiger partial charge in [0.25, 0.3) is 0 Å². The maximum Gasteiger partial charge on any atom is 0.387 e. The lowest BCUT2D eigenvalue weighted by Crippen LogP contribution is -2.37. The largest absolute Gasteiger partial charge is 0.435 e. The molecule has 3 atom stereocenters. The number of alkyl halides is 2. The SMILES string of the molecule is CCC(CN(C)C(C)CCC(C)O)/C(=N\OC)c1ccc2cc(OC(F)F)ccc2c1. The van der Waals surface area contributed by atoms with Crippen molar-refractivity contribution in [3.05, 3.63) is 42.0 Å². The molecule has 5 nitrogen and oxygen atoms in total. The van der Waals surface area contributed by atoms with Gasteiger partial charge in [-0.25, -0.2) is 0 Å². The lowest BCUT2D eigenvalue weighted by molar-refractivity contribution is -0.0497. The third kappa shape index (κ3) is 7.43. The summed E-state index contributed by atoms with van der Waals surface area (Å²) in [6.07, 6.45) is 2.27. The van der Waals surface area contributed by atoms with Gasteiger partial charge in [-0.05, 0) is 69.1 Å². The van der Waals surface area contributed by atoms with Crippen molar-refractivity contribution >= 4 is 16.5 Å². The standard InChI is InChI=1S/C24H34F2N2O3/c1-6-18(15-28(4)16(2)7-8-17(3)29)23(27-30-5)21-10-9-20-14-22(31-24(25)26)12-11-19(20)13-21/h9-14,16-18,24,29H,6-8,15H2,1-5H3/b27-23+. The van der Waals surface area contributed by atoms with Crippen LogP contribution in [0.5, 0.6) is 5.75 Å². The van der Waals surface area contributed by atoms with Crippen LogP contribution in [0, 0.1) is 5.92 Å². The molecule has 0 aliphatic carbocycles. The molecule has 0 aliphatic heterocycles. The van der Waals surface area contributed by atoms with E-state index in [4.69, 9.17) is 4.84 Å². The third-order valence-corrected chi connectivity index (χ3v) is 5.66. The number of benzene rings is 2. The summed E-state index contributed by atoms with van der Waals surface area (Å²) in [6, 6.07) is 11.1. The van der Waals surface area contributed by atoms with E-state index in [1.54, 1.807) is 18.2 Å². The summed E-state index contributed by atoms with van der Waals surface area (Å²) < 4.78 is 29.5. The van der Waals surface area contributed by atoms with E-state index in [9.17, 15) is 13.9 Å². The number of nitrogens with zero attached hydrogens (tertiary/aromatic N) is 2. The zero-order valence-corrected chi connectivity index (χ0v) is 19.0. The molecule has 0 aliphatic rings. The Hall–Kier alpha value is -2.25. The van der Waals surface area contributed by atoms with Crippen LogP contribution in [-0.2, 0) is 4.84 Å². The lowest BCUT2D eigenvalue weighted by atomic mass is 9.92. The van der Waals surface area contributed by atoms with Gasteiger partial charge in [-0.15, -0.1) is 0 Å². The van der Waals surface area contributed by atoms with Crippen molar-refractivity contribution in [1.29, 1.82) is 0 Å². The first-order chi connectivity index (χ1) is 14.7. The van der Waals surface area contributed by atoms with Crippen molar-refractivity contribution in [3.8, 4) is 5.75 Å². The van der Waals surface area contributed by atoms with Crippen molar-refractivity contribution in [1.82, 2.24) is 4.90 Å². The fraction of sp³-hybridized carbons (Fsp3) is 0.542. The average molecular weight is 437 g/mol. The van der Waals surface area contributed by atoms with Crippen LogP contribution < -0.4 is 4.74 Å². The quantitative estimate of drug-likeness (QED) is 0.362. The van der Waals surface area contributed by atoms with Gasteiger partial charge >= 0.3 is 6.61 Å². The Kier molecular flexibility index (Phi) is 9.65. The predicted octanol–water partition coefficient (Wildman–Crippen LogP) is 5.30. The summed E-state index contributed by atoms with van der Waals surface area (Å²) in [6.45, 7) is 4.06. The number of aliphatic hydroxyl groups excluding tert-OH is 1. The Balaban J connectivity index is 2.24. The first-order valence-corrected chi connectivity index (χ1v) is 10.7. The van der Waals surface area contributed by atoms with Crippen molar-refractivity contribution in [2.45, 2.75) is 58.8 Å². The molecule has 3 unspecified atom stereocenters. The first kappa shape index (κ1) is 25.0. The van der Waals surface area contributed by atoms with Crippen LogP contribution in [0.3, 0.4) is 0 Å². The van der Waals surface area contributed by atoms with Crippen LogP contribution in [0.15, 0.2) is 41.6 Å². The van der Waals surface area contributed by atoms with E-state index in [1.165, 1.54) is 7.11 Å². The minimum atomic E-state index is -2.84. The van der Waals surface area contributed by atoms with E-state index in [-0.39, 0.29) is 17.8 Å². The Morgan fingerprint density at radius 1 is 1.10 bits per heavy atom. The Labute approximate surface area is 183 Å². The number of fused-ring (bicyclic) bond motifs is 1. The normalized spacial score (nSPS) is 15.4. The smallest absolute Gasteiger partial charge is 0.387 e. The van der Waals surface area contributed by atoms with E-state index in [1.807, 2.05) is 25.1 Å². The summed E-state index contributed by atoms with van der Waals surface area (Å²) in [5, 5.41) is 15.6. The number of hydrogen-bond donors (Lipinski definition) is 1. The second kappa shape index (κ2) is 12.0. The van der Waals surface area contributed by atoms with Crippen LogP contribution in [0.25, 0.3) is 10.8 Å². The molecule has 31 heavy (non-hydrogen) atoms. The van der Waals surface area contributed by atoms with Crippen LogP contribution in [0.4, 0.5) is 8.78 Å². The topological polar surface area (TPSA) is 54.3 Å². The van der Waals surface area contributed by atoms with Gasteiger partial charge < -0.3 is 19.6 Å². The van der Waals surface area contributed by atoms with Crippen LogP contribution in [-0.4, -0.2) is 55.2 Å². The molecule has 0 saturated heterocycles. The Bertz CT molecular complexity index is 858. The van der Waals surface area contributed by atoms with Gasteiger partial charge in [0.1, 0.15) is 12.9 Å². The summed E-state index contributed by atoms with van der Waals surface area (Å²) in [4.78, 5) is 7.46. The summed E-state index contributed by atoms with van der Waals surface area (Å²) >= 11 is 0. The van der Waals surface area contributed by atoms with Gasteiger partial charge in [-0.1, -0.05) is 30.3 Å². The highest BCUT2D eigenvalue weighted by Gasteiger charge is 2.22. The maximum atomic E-state index is 12.5. The molecule has 0 saturated carbocycles. The molecule has 1 N–H and O–H groups in total. The van der Waals surface area contributed by atoms with Gasteiger partial charge in [-0.2, -0.15) is 8.78 Å². The second-order valence-electron chi connectivity index (χ2n) is 8.08. The highest BCUT2D eigenvalue weighted by Crippen LogP contribution is 2.25.